The molecule has 1 aromatic carbocycles. The minimum absolute atomic E-state index is 0.0704. The zero-order valence-electron chi connectivity index (χ0n) is 15.9. The summed E-state index contributed by atoms with van der Waals surface area (Å²) in [7, 11) is 1.64. The lowest BCUT2D eigenvalue weighted by molar-refractivity contribution is -0.143. The molecule has 140 valence electrons. The van der Waals surface area contributed by atoms with E-state index in [0.717, 1.165) is 54.4 Å². The Morgan fingerprint density at radius 1 is 1.38 bits per heavy atom. The number of aromatic nitrogens is 1. The number of pyridine rings is 1. The van der Waals surface area contributed by atoms with E-state index in [2.05, 4.69) is 24.1 Å². The number of hydrogen-bond donors (Lipinski definition) is 1. The van der Waals surface area contributed by atoms with Gasteiger partial charge < -0.3 is 14.8 Å². The van der Waals surface area contributed by atoms with Crippen LogP contribution in [0.1, 0.15) is 46.0 Å². The molecule has 5 nitrogen and oxygen atoms in total. The van der Waals surface area contributed by atoms with Crippen LogP contribution < -0.4 is 10.1 Å². The van der Waals surface area contributed by atoms with Gasteiger partial charge in [-0.2, -0.15) is 0 Å². The number of methoxy groups -OCH3 is 1. The van der Waals surface area contributed by atoms with Gasteiger partial charge in [-0.05, 0) is 55.9 Å². The molecule has 1 N–H and O–H groups in total. The molecule has 26 heavy (non-hydrogen) atoms. The maximum atomic E-state index is 13.1. The maximum absolute atomic E-state index is 13.1. The molecule has 1 amide bonds. The third-order valence-electron chi connectivity index (χ3n) is 5.20. The smallest absolute Gasteiger partial charge is 0.256 e. The molecule has 2 unspecified atom stereocenters. The van der Waals surface area contributed by atoms with Crippen molar-refractivity contribution in [3.05, 3.63) is 30.5 Å². The fraction of sp³-hybridized carbons (Fsp3) is 0.524. The van der Waals surface area contributed by atoms with Gasteiger partial charge in [0.1, 0.15) is 16.9 Å². The Labute approximate surface area is 155 Å². The molecule has 1 heterocycles. The van der Waals surface area contributed by atoms with E-state index < -0.39 is 5.60 Å². The minimum Gasteiger partial charge on any atom is -0.491 e. The Kier molecular flexibility index (Phi) is 5.77. The number of ether oxygens (including phenoxy) is 2. The number of fused-ring (bicyclic) bond motifs is 1. The Bertz CT molecular complexity index is 777. The predicted octanol–water partition coefficient (Wildman–Crippen LogP) is 4.56. The lowest BCUT2D eigenvalue weighted by Gasteiger charge is -2.37. The highest BCUT2D eigenvalue weighted by atomic mass is 16.5. The van der Waals surface area contributed by atoms with Crippen molar-refractivity contribution in [2.24, 2.45) is 5.92 Å². The summed E-state index contributed by atoms with van der Waals surface area (Å²) in [6.45, 7) is 4.89. The van der Waals surface area contributed by atoms with Crippen molar-refractivity contribution in [1.29, 1.82) is 0 Å². The number of carbonyl (C=O) groups is 1. The van der Waals surface area contributed by atoms with Gasteiger partial charge >= 0.3 is 0 Å². The van der Waals surface area contributed by atoms with Crippen LogP contribution >= 0.6 is 0 Å². The summed E-state index contributed by atoms with van der Waals surface area (Å²) in [5, 5.41) is 3.97. The average Bonchev–Trinajstić information content (AvgIpc) is 2.67. The van der Waals surface area contributed by atoms with Crippen molar-refractivity contribution in [2.75, 3.05) is 19.0 Å². The monoisotopic (exact) mass is 356 g/mol. The summed E-state index contributed by atoms with van der Waals surface area (Å²) in [5.74, 6) is 1.16. The van der Waals surface area contributed by atoms with Crippen LogP contribution in [0.4, 0.5) is 5.69 Å². The highest BCUT2D eigenvalue weighted by molar-refractivity contribution is 6.05. The van der Waals surface area contributed by atoms with E-state index in [-0.39, 0.29) is 5.91 Å². The van der Waals surface area contributed by atoms with E-state index in [9.17, 15) is 4.79 Å². The number of rotatable bonds is 6. The number of anilines is 1. The van der Waals surface area contributed by atoms with Gasteiger partial charge in [-0.15, -0.1) is 0 Å². The van der Waals surface area contributed by atoms with E-state index in [1.807, 2.05) is 24.3 Å². The van der Waals surface area contributed by atoms with Crippen LogP contribution in [0.2, 0.25) is 0 Å². The molecule has 1 fully saturated rings. The topological polar surface area (TPSA) is 60.5 Å². The van der Waals surface area contributed by atoms with Crippen LogP contribution in [0.3, 0.4) is 0 Å². The number of hydrogen-bond acceptors (Lipinski definition) is 4. The number of nitrogens with zero attached hydrogens (tertiary/aromatic N) is 1. The molecule has 1 aliphatic carbocycles. The molecular weight excluding hydrogens is 328 g/mol. The molecule has 1 aliphatic rings. The Hall–Kier alpha value is -2.14. The van der Waals surface area contributed by atoms with Gasteiger partial charge in [0.15, 0.2) is 0 Å². The molecule has 0 saturated heterocycles. The average molecular weight is 356 g/mol. The van der Waals surface area contributed by atoms with Crippen LogP contribution in [0, 0.1) is 5.92 Å². The third kappa shape index (κ3) is 3.68. The first-order valence-corrected chi connectivity index (χ1v) is 9.47. The van der Waals surface area contributed by atoms with Gasteiger partial charge in [0.2, 0.25) is 0 Å². The summed E-state index contributed by atoms with van der Waals surface area (Å²) in [6.07, 6.45) is 6.34. The van der Waals surface area contributed by atoms with Gasteiger partial charge in [0.05, 0.1) is 12.3 Å². The Balaban J connectivity index is 1.90. The third-order valence-corrected chi connectivity index (χ3v) is 5.20. The molecular formula is C21H28N2O3. The molecule has 0 bridgehead atoms. The molecule has 0 radical (unpaired) electrons. The summed E-state index contributed by atoms with van der Waals surface area (Å²) < 4.78 is 11.5. The van der Waals surface area contributed by atoms with Gasteiger partial charge in [0, 0.05) is 18.7 Å². The fourth-order valence-electron chi connectivity index (χ4n) is 3.81. The summed E-state index contributed by atoms with van der Waals surface area (Å²) in [5.41, 5.74) is 0.766. The number of carbonyl (C=O) groups excluding carboxylic acids is 1. The minimum atomic E-state index is -0.746. The largest absolute Gasteiger partial charge is 0.491 e. The second kappa shape index (κ2) is 8.04. The second-order valence-electron chi connectivity index (χ2n) is 7.21. The van der Waals surface area contributed by atoms with E-state index in [0.29, 0.717) is 12.5 Å². The van der Waals surface area contributed by atoms with Crippen molar-refractivity contribution >= 4 is 22.5 Å². The molecule has 2 atom stereocenters. The first-order chi connectivity index (χ1) is 12.6. The van der Waals surface area contributed by atoms with E-state index in [1.54, 1.807) is 13.3 Å². The van der Waals surface area contributed by atoms with Crippen molar-refractivity contribution in [1.82, 2.24) is 4.98 Å². The molecule has 3 rings (SSSR count). The van der Waals surface area contributed by atoms with Gasteiger partial charge in [-0.3, -0.25) is 9.78 Å². The zero-order valence-corrected chi connectivity index (χ0v) is 15.9. The fourth-order valence-corrected chi connectivity index (χ4v) is 3.81. The van der Waals surface area contributed by atoms with E-state index in [1.165, 1.54) is 0 Å². The van der Waals surface area contributed by atoms with Crippen LogP contribution in [0.15, 0.2) is 30.5 Å². The molecule has 1 saturated carbocycles. The van der Waals surface area contributed by atoms with Gasteiger partial charge in [-0.1, -0.05) is 20.3 Å². The first kappa shape index (κ1) is 18.6. The number of benzene rings is 1. The van der Waals surface area contributed by atoms with Crippen molar-refractivity contribution in [3.63, 3.8) is 0 Å². The second-order valence-corrected chi connectivity index (χ2v) is 7.21. The molecule has 5 heteroatoms. The standard InChI is InChI=1S/C21H28N2O3/c1-4-13-26-18-10-9-17(16-8-6-12-22-19(16)18)23-20(24)21(25-3)11-5-7-15(2)14-21/h6,8-10,12,15H,4-5,7,11,13-14H2,1-3H3,(H,23,24). The zero-order chi connectivity index (χ0) is 18.6. The lowest BCUT2D eigenvalue weighted by Crippen LogP contribution is -2.47. The van der Waals surface area contributed by atoms with E-state index >= 15 is 0 Å². The highest BCUT2D eigenvalue weighted by Gasteiger charge is 2.42. The molecule has 2 aromatic rings. The molecule has 0 aliphatic heterocycles. The van der Waals surface area contributed by atoms with Crippen molar-refractivity contribution in [2.45, 2.75) is 51.6 Å². The van der Waals surface area contributed by atoms with Gasteiger partial charge in [0.25, 0.3) is 5.91 Å². The quantitative estimate of drug-likeness (QED) is 0.824. The molecule has 1 aromatic heterocycles. The number of amides is 1. The maximum Gasteiger partial charge on any atom is 0.256 e. The number of nitrogens with one attached hydrogen (secondary N) is 1. The van der Waals surface area contributed by atoms with Crippen molar-refractivity contribution < 1.29 is 14.3 Å². The SMILES string of the molecule is CCCOc1ccc(NC(=O)C2(OC)CCCC(C)C2)c2cccnc12. The summed E-state index contributed by atoms with van der Waals surface area (Å²) >= 11 is 0. The van der Waals surface area contributed by atoms with Crippen LogP contribution in [-0.4, -0.2) is 30.2 Å². The molecule has 0 spiro atoms. The van der Waals surface area contributed by atoms with Crippen LogP contribution in [-0.2, 0) is 9.53 Å². The Morgan fingerprint density at radius 2 is 2.23 bits per heavy atom. The summed E-state index contributed by atoms with van der Waals surface area (Å²) in [4.78, 5) is 17.5. The summed E-state index contributed by atoms with van der Waals surface area (Å²) in [6, 6.07) is 7.60. The normalized spacial score (nSPS) is 23.0. The van der Waals surface area contributed by atoms with Crippen LogP contribution in [0.25, 0.3) is 10.9 Å². The predicted molar refractivity (Wildman–Crippen MR) is 104 cm³/mol. The Morgan fingerprint density at radius 3 is 2.96 bits per heavy atom. The van der Waals surface area contributed by atoms with Crippen LogP contribution in [0.5, 0.6) is 5.75 Å². The lowest BCUT2D eigenvalue weighted by atomic mass is 9.78. The van der Waals surface area contributed by atoms with E-state index in [4.69, 9.17) is 9.47 Å². The highest BCUT2D eigenvalue weighted by Crippen LogP contribution is 2.37. The van der Waals surface area contributed by atoms with Gasteiger partial charge in [-0.25, -0.2) is 0 Å². The van der Waals surface area contributed by atoms with Crippen molar-refractivity contribution in [3.8, 4) is 5.75 Å². The first-order valence-electron chi connectivity index (χ1n) is 9.47.